The van der Waals surface area contributed by atoms with Crippen LogP contribution in [0.1, 0.15) is 17.7 Å². The molecule has 1 aromatic rings. The highest BCUT2D eigenvalue weighted by Crippen LogP contribution is 2.33. The van der Waals surface area contributed by atoms with Crippen LogP contribution < -0.4 is 0 Å². The number of hydrogen-bond donors (Lipinski definition) is 0. The summed E-state index contributed by atoms with van der Waals surface area (Å²) >= 11 is 0. The van der Waals surface area contributed by atoms with E-state index >= 15 is 0 Å². The van der Waals surface area contributed by atoms with Crippen molar-refractivity contribution in [2.45, 2.75) is 12.6 Å². The zero-order chi connectivity index (χ0) is 11.8. The molecule has 1 nitrogen and oxygen atoms in total. The molecular weight excluding hydrogens is 231 g/mol. The van der Waals surface area contributed by atoms with Gasteiger partial charge in [-0.25, -0.2) is 18.2 Å². The molecule has 0 aliphatic heterocycles. The lowest BCUT2D eigenvalue weighted by atomic mass is 10.2. The van der Waals surface area contributed by atoms with Crippen LogP contribution in [0.5, 0.6) is 0 Å². The number of aromatic nitrogens is 1. The van der Waals surface area contributed by atoms with Crippen molar-refractivity contribution in [2.75, 3.05) is 0 Å². The summed E-state index contributed by atoms with van der Waals surface area (Å²) in [6.45, 7) is 0. The molecule has 0 unspecified atom stereocenters. The van der Waals surface area contributed by atoms with E-state index in [4.69, 9.17) is 0 Å². The van der Waals surface area contributed by atoms with Gasteiger partial charge in [-0.3, -0.25) is 0 Å². The number of alkyl halides is 5. The van der Waals surface area contributed by atoms with Gasteiger partial charge in [0, 0.05) is 0 Å². The normalized spacial score (nSPS) is 12.3. The molecular formula is C7H2F7N. The van der Waals surface area contributed by atoms with E-state index in [-0.39, 0.29) is 6.07 Å². The second-order valence-electron chi connectivity index (χ2n) is 2.50. The minimum Gasteiger partial charge on any atom is -0.216 e. The van der Waals surface area contributed by atoms with E-state index < -0.39 is 35.6 Å². The van der Waals surface area contributed by atoms with Crippen molar-refractivity contribution in [3.05, 3.63) is 29.1 Å². The molecule has 0 saturated carbocycles. The Labute approximate surface area is 78.5 Å². The topological polar surface area (TPSA) is 12.9 Å². The molecule has 0 aromatic carbocycles. The Kier molecular flexibility index (Phi) is 2.87. The van der Waals surface area contributed by atoms with Crippen molar-refractivity contribution in [2.24, 2.45) is 0 Å². The van der Waals surface area contributed by atoms with E-state index in [2.05, 4.69) is 4.98 Å². The Morgan fingerprint density at radius 3 is 2.07 bits per heavy atom. The maximum absolute atomic E-state index is 12.5. The van der Waals surface area contributed by atoms with E-state index in [1.165, 1.54) is 0 Å². The SMILES string of the molecule is Fc1nc(C(F)F)cc(C(F)(F)F)c1F. The summed E-state index contributed by atoms with van der Waals surface area (Å²) in [6, 6.07) is -0.219. The van der Waals surface area contributed by atoms with Gasteiger partial charge in [0.1, 0.15) is 5.69 Å². The number of halogens is 7. The van der Waals surface area contributed by atoms with E-state index in [1.54, 1.807) is 0 Å². The lowest BCUT2D eigenvalue weighted by Crippen LogP contribution is -2.12. The second kappa shape index (κ2) is 3.67. The fourth-order valence-corrected chi connectivity index (χ4v) is 0.835. The summed E-state index contributed by atoms with van der Waals surface area (Å²) in [7, 11) is 0. The number of pyridine rings is 1. The summed E-state index contributed by atoms with van der Waals surface area (Å²) in [4.78, 5) is 2.35. The molecule has 0 radical (unpaired) electrons. The van der Waals surface area contributed by atoms with Crippen LogP contribution in [0.3, 0.4) is 0 Å². The van der Waals surface area contributed by atoms with E-state index in [1.807, 2.05) is 0 Å². The minimum absolute atomic E-state index is 0.219. The van der Waals surface area contributed by atoms with Crippen molar-refractivity contribution in [1.29, 1.82) is 0 Å². The molecule has 0 saturated heterocycles. The Morgan fingerprint density at radius 2 is 1.67 bits per heavy atom. The van der Waals surface area contributed by atoms with Crippen LogP contribution in [0.2, 0.25) is 0 Å². The number of nitrogens with zero attached hydrogens (tertiary/aromatic N) is 1. The molecule has 0 N–H and O–H groups in total. The first-order valence-electron chi connectivity index (χ1n) is 3.44. The summed E-state index contributed by atoms with van der Waals surface area (Å²) in [5, 5.41) is 0. The Hall–Kier alpha value is -1.34. The van der Waals surface area contributed by atoms with Crippen molar-refractivity contribution in [3.8, 4) is 0 Å². The van der Waals surface area contributed by atoms with Crippen molar-refractivity contribution in [3.63, 3.8) is 0 Å². The van der Waals surface area contributed by atoms with Crippen LogP contribution in [0, 0.1) is 11.8 Å². The smallest absolute Gasteiger partial charge is 0.216 e. The van der Waals surface area contributed by atoms with E-state index in [0.29, 0.717) is 0 Å². The quantitative estimate of drug-likeness (QED) is 0.535. The second-order valence-corrected chi connectivity index (χ2v) is 2.50. The fourth-order valence-electron chi connectivity index (χ4n) is 0.835. The standard InChI is InChI=1S/C7H2F7N/c8-4-2(7(12,13)14)1-3(5(9)10)15-6(4)11/h1,5H. The number of hydrogen-bond acceptors (Lipinski definition) is 1. The van der Waals surface area contributed by atoms with Crippen molar-refractivity contribution < 1.29 is 30.7 Å². The van der Waals surface area contributed by atoms with Crippen LogP contribution in [-0.4, -0.2) is 4.98 Å². The summed E-state index contributed by atoms with van der Waals surface area (Å²) in [5.74, 6) is -4.48. The summed E-state index contributed by atoms with van der Waals surface area (Å²) in [6.07, 6.45) is -8.64. The van der Waals surface area contributed by atoms with Crippen molar-refractivity contribution >= 4 is 0 Å². The van der Waals surface area contributed by atoms with Gasteiger partial charge in [-0.1, -0.05) is 0 Å². The van der Waals surface area contributed by atoms with Gasteiger partial charge < -0.3 is 0 Å². The molecule has 0 fully saturated rings. The first-order chi connectivity index (χ1) is 6.73. The monoisotopic (exact) mass is 233 g/mol. The van der Waals surface area contributed by atoms with Crippen LogP contribution in [0.25, 0.3) is 0 Å². The molecule has 8 heteroatoms. The average molecular weight is 233 g/mol. The molecule has 1 rings (SSSR count). The molecule has 1 aromatic heterocycles. The Balaban J connectivity index is 3.38. The lowest BCUT2D eigenvalue weighted by Gasteiger charge is -2.09. The Bertz CT molecular complexity index is 370. The van der Waals surface area contributed by atoms with Gasteiger partial charge in [-0.05, 0) is 6.07 Å². The molecule has 0 bridgehead atoms. The lowest BCUT2D eigenvalue weighted by molar-refractivity contribution is -0.140. The third-order valence-corrected chi connectivity index (χ3v) is 1.47. The first-order valence-corrected chi connectivity index (χ1v) is 3.44. The van der Waals surface area contributed by atoms with Crippen LogP contribution in [0.15, 0.2) is 6.07 Å². The molecule has 15 heavy (non-hydrogen) atoms. The summed E-state index contributed by atoms with van der Waals surface area (Å²) < 4.78 is 84.8. The third kappa shape index (κ3) is 2.37. The van der Waals surface area contributed by atoms with Gasteiger partial charge in [-0.2, -0.15) is 17.6 Å². The molecule has 0 amide bonds. The van der Waals surface area contributed by atoms with Gasteiger partial charge in [0.05, 0.1) is 5.56 Å². The third-order valence-electron chi connectivity index (χ3n) is 1.47. The van der Waals surface area contributed by atoms with Gasteiger partial charge in [-0.15, -0.1) is 0 Å². The Morgan fingerprint density at radius 1 is 1.13 bits per heavy atom. The van der Waals surface area contributed by atoms with Crippen LogP contribution in [-0.2, 0) is 6.18 Å². The predicted molar refractivity (Wildman–Crippen MR) is 34.1 cm³/mol. The first kappa shape index (κ1) is 11.7. The van der Waals surface area contributed by atoms with Gasteiger partial charge in [0.2, 0.25) is 5.95 Å². The van der Waals surface area contributed by atoms with Gasteiger partial charge >= 0.3 is 6.18 Å². The van der Waals surface area contributed by atoms with Crippen LogP contribution >= 0.6 is 0 Å². The molecule has 0 aliphatic rings. The maximum Gasteiger partial charge on any atom is 0.419 e. The largest absolute Gasteiger partial charge is 0.419 e. The molecule has 0 spiro atoms. The molecule has 1 heterocycles. The highest BCUT2D eigenvalue weighted by Gasteiger charge is 2.37. The highest BCUT2D eigenvalue weighted by atomic mass is 19.4. The summed E-state index contributed by atoms with van der Waals surface area (Å²) in [5.41, 5.74) is -3.55. The van der Waals surface area contributed by atoms with E-state index in [9.17, 15) is 30.7 Å². The highest BCUT2D eigenvalue weighted by molar-refractivity contribution is 5.22. The predicted octanol–water partition coefficient (Wildman–Crippen LogP) is 3.32. The van der Waals surface area contributed by atoms with Crippen LogP contribution in [0.4, 0.5) is 30.7 Å². The van der Waals surface area contributed by atoms with Gasteiger partial charge in [0.15, 0.2) is 5.82 Å². The zero-order valence-electron chi connectivity index (χ0n) is 6.75. The molecule has 84 valence electrons. The minimum atomic E-state index is -5.24. The van der Waals surface area contributed by atoms with Crippen molar-refractivity contribution in [1.82, 2.24) is 4.98 Å². The molecule has 0 aliphatic carbocycles. The maximum atomic E-state index is 12.5. The average Bonchev–Trinajstić information content (AvgIpc) is 2.06. The fraction of sp³-hybridized carbons (Fsp3) is 0.286. The number of rotatable bonds is 1. The molecule has 0 atom stereocenters. The van der Waals surface area contributed by atoms with E-state index in [0.717, 1.165) is 0 Å². The zero-order valence-corrected chi connectivity index (χ0v) is 6.75. The van der Waals surface area contributed by atoms with Gasteiger partial charge in [0.25, 0.3) is 6.43 Å².